The van der Waals surface area contributed by atoms with Crippen molar-refractivity contribution in [2.75, 3.05) is 20.3 Å². The molecule has 152 valence electrons. The van der Waals surface area contributed by atoms with E-state index in [0.717, 1.165) is 5.56 Å². The van der Waals surface area contributed by atoms with Crippen molar-refractivity contribution in [3.05, 3.63) is 89.5 Å². The van der Waals surface area contributed by atoms with E-state index in [4.69, 9.17) is 9.47 Å². The Balaban J connectivity index is 1.32. The number of rotatable bonds is 6. The lowest BCUT2D eigenvalue weighted by atomic mass is 9.98. The van der Waals surface area contributed by atoms with E-state index < -0.39 is 6.09 Å². The monoisotopic (exact) mass is 401 g/mol. The minimum atomic E-state index is -0.454. The van der Waals surface area contributed by atoms with Crippen LogP contribution in [0.25, 0.3) is 17.2 Å². The van der Waals surface area contributed by atoms with Crippen LogP contribution in [0.5, 0.6) is 11.5 Å². The molecule has 0 saturated heterocycles. The van der Waals surface area contributed by atoms with Gasteiger partial charge < -0.3 is 19.9 Å². The Morgan fingerprint density at radius 3 is 2.37 bits per heavy atom. The number of benzene rings is 3. The highest BCUT2D eigenvalue weighted by Gasteiger charge is 2.28. The molecule has 0 aliphatic heterocycles. The number of aromatic hydroxyl groups is 1. The van der Waals surface area contributed by atoms with Crippen LogP contribution in [0.3, 0.4) is 0 Å². The maximum atomic E-state index is 12.2. The van der Waals surface area contributed by atoms with E-state index >= 15 is 0 Å². The first-order valence-corrected chi connectivity index (χ1v) is 9.80. The summed E-state index contributed by atoms with van der Waals surface area (Å²) in [5, 5.41) is 12.4. The standard InChI is InChI=1S/C25H23NO4/c1-29-24-15-17(12-13-23(24)27)7-6-14-26-25(28)30-16-22-20-10-4-2-8-18(20)19-9-3-5-11-21(19)22/h2-13,15,22,27H,14,16H2,1H3,(H,26,28). The highest BCUT2D eigenvalue weighted by atomic mass is 16.5. The first-order valence-electron chi connectivity index (χ1n) is 9.80. The summed E-state index contributed by atoms with van der Waals surface area (Å²) in [5.74, 6) is 0.538. The lowest BCUT2D eigenvalue weighted by molar-refractivity contribution is 0.144. The predicted octanol–water partition coefficient (Wildman–Crippen LogP) is 4.95. The summed E-state index contributed by atoms with van der Waals surface area (Å²) in [5.41, 5.74) is 5.64. The number of carbonyl (C=O) groups is 1. The Hall–Kier alpha value is -3.73. The number of methoxy groups -OCH3 is 1. The molecule has 3 aromatic rings. The van der Waals surface area contributed by atoms with Gasteiger partial charge in [0.15, 0.2) is 11.5 Å². The second-order valence-corrected chi connectivity index (χ2v) is 7.04. The minimum Gasteiger partial charge on any atom is -0.504 e. The first kappa shape index (κ1) is 19.6. The molecule has 0 heterocycles. The summed E-state index contributed by atoms with van der Waals surface area (Å²) < 4.78 is 10.6. The zero-order chi connectivity index (χ0) is 20.9. The van der Waals surface area contributed by atoms with Crippen LogP contribution in [-0.2, 0) is 4.74 Å². The van der Waals surface area contributed by atoms with Crippen molar-refractivity contribution < 1.29 is 19.4 Å². The van der Waals surface area contributed by atoms with Gasteiger partial charge in [0.05, 0.1) is 7.11 Å². The van der Waals surface area contributed by atoms with E-state index in [1.165, 1.54) is 29.4 Å². The van der Waals surface area contributed by atoms with Crippen molar-refractivity contribution in [3.8, 4) is 22.6 Å². The minimum absolute atomic E-state index is 0.0446. The fraction of sp³-hybridized carbons (Fsp3) is 0.160. The molecule has 0 saturated carbocycles. The van der Waals surface area contributed by atoms with Gasteiger partial charge >= 0.3 is 6.09 Å². The molecular weight excluding hydrogens is 378 g/mol. The number of nitrogens with one attached hydrogen (secondary N) is 1. The number of phenols is 1. The molecule has 0 fully saturated rings. The van der Waals surface area contributed by atoms with Crippen LogP contribution < -0.4 is 10.1 Å². The van der Waals surface area contributed by atoms with E-state index in [1.807, 2.05) is 36.4 Å². The lowest BCUT2D eigenvalue weighted by Crippen LogP contribution is -2.26. The van der Waals surface area contributed by atoms with Gasteiger partial charge in [0.2, 0.25) is 0 Å². The lowest BCUT2D eigenvalue weighted by Gasteiger charge is -2.14. The molecular formula is C25H23NO4. The number of carbonyl (C=O) groups excluding carboxylic acids is 1. The fourth-order valence-corrected chi connectivity index (χ4v) is 3.78. The highest BCUT2D eigenvalue weighted by Crippen LogP contribution is 2.44. The maximum absolute atomic E-state index is 12.2. The molecule has 1 amide bonds. The third kappa shape index (κ3) is 4.01. The van der Waals surface area contributed by atoms with E-state index in [-0.39, 0.29) is 11.7 Å². The van der Waals surface area contributed by atoms with Crippen LogP contribution in [0.1, 0.15) is 22.6 Å². The van der Waals surface area contributed by atoms with E-state index in [9.17, 15) is 9.90 Å². The number of hydrogen-bond donors (Lipinski definition) is 2. The average molecular weight is 401 g/mol. The quantitative estimate of drug-likeness (QED) is 0.613. The van der Waals surface area contributed by atoms with Gasteiger partial charge in [-0.05, 0) is 39.9 Å². The highest BCUT2D eigenvalue weighted by molar-refractivity contribution is 5.79. The molecule has 5 heteroatoms. The second kappa shape index (κ2) is 8.74. The van der Waals surface area contributed by atoms with Crippen molar-refractivity contribution in [1.29, 1.82) is 0 Å². The molecule has 3 aromatic carbocycles. The van der Waals surface area contributed by atoms with Crippen molar-refractivity contribution in [2.45, 2.75) is 5.92 Å². The Labute approximate surface area is 175 Å². The van der Waals surface area contributed by atoms with Crippen molar-refractivity contribution in [2.24, 2.45) is 0 Å². The summed E-state index contributed by atoms with van der Waals surface area (Å²) in [6, 6.07) is 21.5. The van der Waals surface area contributed by atoms with Crippen molar-refractivity contribution in [1.82, 2.24) is 5.32 Å². The summed E-state index contributed by atoms with van der Waals surface area (Å²) in [4.78, 5) is 12.2. The van der Waals surface area contributed by atoms with Gasteiger partial charge in [-0.2, -0.15) is 0 Å². The van der Waals surface area contributed by atoms with Crippen LogP contribution in [0, 0.1) is 0 Å². The van der Waals surface area contributed by atoms with Gasteiger partial charge in [-0.1, -0.05) is 66.7 Å². The van der Waals surface area contributed by atoms with Gasteiger partial charge in [0.25, 0.3) is 0 Å². The van der Waals surface area contributed by atoms with E-state index in [1.54, 1.807) is 18.2 Å². The van der Waals surface area contributed by atoms with E-state index in [0.29, 0.717) is 18.9 Å². The zero-order valence-corrected chi connectivity index (χ0v) is 16.7. The van der Waals surface area contributed by atoms with Gasteiger partial charge in [0.1, 0.15) is 6.61 Å². The number of amides is 1. The Morgan fingerprint density at radius 1 is 1.03 bits per heavy atom. The molecule has 0 aromatic heterocycles. The summed E-state index contributed by atoms with van der Waals surface area (Å²) in [6.07, 6.45) is 3.20. The number of fused-ring (bicyclic) bond motifs is 3. The predicted molar refractivity (Wildman–Crippen MR) is 117 cm³/mol. The molecule has 0 spiro atoms. The second-order valence-electron chi connectivity index (χ2n) is 7.04. The molecule has 0 bridgehead atoms. The Kier molecular flexibility index (Phi) is 5.70. The van der Waals surface area contributed by atoms with Crippen molar-refractivity contribution >= 4 is 12.2 Å². The maximum Gasteiger partial charge on any atom is 0.407 e. The number of alkyl carbamates (subject to hydrolysis) is 1. The molecule has 4 rings (SSSR count). The molecule has 30 heavy (non-hydrogen) atoms. The van der Waals surface area contributed by atoms with E-state index in [2.05, 4.69) is 29.6 Å². The summed E-state index contributed by atoms with van der Waals surface area (Å²) in [7, 11) is 1.50. The number of phenolic OH excluding ortho intramolecular Hbond substituents is 1. The molecule has 5 nitrogen and oxygen atoms in total. The molecule has 2 N–H and O–H groups in total. The smallest absolute Gasteiger partial charge is 0.407 e. The van der Waals surface area contributed by atoms with Gasteiger partial charge in [-0.25, -0.2) is 4.79 Å². The Morgan fingerprint density at radius 2 is 1.70 bits per heavy atom. The molecule has 0 atom stereocenters. The average Bonchev–Trinajstić information content (AvgIpc) is 3.10. The van der Waals surface area contributed by atoms with Crippen LogP contribution in [0.4, 0.5) is 4.79 Å². The molecule has 0 radical (unpaired) electrons. The summed E-state index contributed by atoms with van der Waals surface area (Å²) in [6.45, 7) is 0.624. The number of ether oxygens (including phenoxy) is 2. The first-order chi connectivity index (χ1) is 14.7. The molecule has 1 aliphatic carbocycles. The molecule has 0 unspecified atom stereocenters. The van der Waals surface area contributed by atoms with Gasteiger partial charge in [-0.15, -0.1) is 0 Å². The largest absolute Gasteiger partial charge is 0.504 e. The third-order valence-corrected chi connectivity index (χ3v) is 5.22. The Bertz CT molecular complexity index is 1040. The topological polar surface area (TPSA) is 67.8 Å². The van der Waals surface area contributed by atoms with Gasteiger partial charge in [0, 0.05) is 12.5 Å². The SMILES string of the molecule is COc1cc(C=CCNC(=O)OCC2c3ccccc3-c3ccccc32)ccc1O. The third-order valence-electron chi connectivity index (χ3n) is 5.22. The normalized spacial score (nSPS) is 12.4. The van der Waals surface area contributed by atoms with Crippen molar-refractivity contribution in [3.63, 3.8) is 0 Å². The van der Waals surface area contributed by atoms with Gasteiger partial charge in [-0.3, -0.25) is 0 Å². The zero-order valence-electron chi connectivity index (χ0n) is 16.7. The fourth-order valence-electron chi connectivity index (χ4n) is 3.78. The van der Waals surface area contributed by atoms with Crippen LogP contribution in [0.15, 0.2) is 72.8 Å². The van der Waals surface area contributed by atoms with Crippen LogP contribution in [-0.4, -0.2) is 31.5 Å². The van der Waals surface area contributed by atoms with Crippen LogP contribution >= 0.6 is 0 Å². The van der Waals surface area contributed by atoms with Crippen LogP contribution in [0.2, 0.25) is 0 Å². The number of hydrogen-bond acceptors (Lipinski definition) is 4. The summed E-state index contributed by atoms with van der Waals surface area (Å²) >= 11 is 0. The molecule has 1 aliphatic rings.